The monoisotopic (exact) mass is 564 g/mol. The number of anilines is 2. The average molecular weight is 565 g/mol. The smallest absolute Gasteiger partial charge is 0.387 e. The van der Waals surface area contributed by atoms with E-state index in [0.29, 0.717) is 37.6 Å². The number of benzene rings is 2. The molecule has 216 valence electrons. The van der Waals surface area contributed by atoms with Crippen molar-refractivity contribution in [2.45, 2.75) is 26.5 Å². The lowest BCUT2D eigenvalue weighted by atomic mass is 10.00. The minimum atomic E-state index is -2.87. The molecule has 1 saturated heterocycles. The van der Waals surface area contributed by atoms with E-state index in [1.165, 1.54) is 17.7 Å². The molecule has 0 bridgehead atoms. The zero-order valence-electron chi connectivity index (χ0n) is 23.1. The van der Waals surface area contributed by atoms with Gasteiger partial charge in [-0.3, -0.25) is 9.30 Å². The first-order valence-electron chi connectivity index (χ1n) is 13.6. The van der Waals surface area contributed by atoms with E-state index in [9.17, 15) is 13.6 Å². The number of piperazine rings is 1. The number of nitrogens with two attached hydrogens (primary N) is 1. The number of nitrogens with zero attached hydrogens (tertiary/aromatic N) is 5. The minimum absolute atomic E-state index is 0.0556. The van der Waals surface area contributed by atoms with Gasteiger partial charge in [0.05, 0.1) is 11.9 Å². The van der Waals surface area contributed by atoms with E-state index in [-0.39, 0.29) is 17.8 Å². The maximum atomic E-state index is 12.5. The van der Waals surface area contributed by atoms with Crippen molar-refractivity contribution in [2.75, 3.05) is 44.6 Å². The lowest BCUT2D eigenvalue weighted by molar-refractivity contribution is -0.0498. The highest BCUT2D eigenvalue weighted by molar-refractivity contribution is 5.75. The first-order valence-corrected chi connectivity index (χ1v) is 13.6. The summed E-state index contributed by atoms with van der Waals surface area (Å²) in [7, 11) is 0. The lowest BCUT2D eigenvalue weighted by Gasteiger charge is -2.38. The molecule has 2 aromatic carbocycles. The Labute approximate surface area is 237 Å². The van der Waals surface area contributed by atoms with Crippen LogP contribution >= 0.6 is 0 Å². The Morgan fingerprint density at radius 1 is 1.10 bits per heavy atom. The zero-order chi connectivity index (χ0) is 28.9. The van der Waals surface area contributed by atoms with E-state index in [0.717, 1.165) is 35.6 Å². The Hall–Kier alpha value is -4.29. The predicted octanol–water partition coefficient (Wildman–Crippen LogP) is 4.40. The predicted molar refractivity (Wildman–Crippen MR) is 154 cm³/mol. The molecular weight excluding hydrogens is 530 g/mol. The van der Waals surface area contributed by atoms with Gasteiger partial charge >= 0.3 is 12.6 Å². The van der Waals surface area contributed by atoms with Gasteiger partial charge < -0.3 is 26.0 Å². The highest BCUT2D eigenvalue weighted by atomic mass is 19.3. The second-order valence-electron chi connectivity index (χ2n) is 9.93. The Balaban J connectivity index is 1.27. The van der Waals surface area contributed by atoms with Crippen LogP contribution in [0.3, 0.4) is 0 Å². The third-order valence-corrected chi connectivity index (χ3v) is 7.36. The van der Waals surface area contributed by atoms with E-state index < -0.39 is 6.61 Å². The maximum Gasteiger partial charge on any atom is 0.387 e. The van der Waals surface area contributed by atoms with Crippen LogP contribution in [-0.2, 0) is 0 Å². The van der Waals surface area contributed by atoms with Crippen LogP contribution in [0.4, 0.5) is 25.1 Å². The number of imidazole rings is 1. The molecule has 12 heteroatoms. The Morgan fingerprint density at radius 3 is 2.54 bits per heavy atom. The molecule has 0 spiro atoms. The number of halogens is 2. The number of rotatable bonds is 9. The zero-order valence-corrected chi connectivity index (χ0v) is 23.1. The summed E-state index contributed by atoms with van der Waals surface area (Å²) in [4.78, 5) is 25.5. The molecule has 0 radical (unpaired) electrons. The van der Waals surface area contributed by atoms with Crippen LogP contribution < -0.4 is 21.1 Å². The second kappa shape index (κ2) is 12.5. The number of urea groups is 1. The van der Waals surface area contributed by atoms with E-state index in [2.05, 4.69) is 56.2 Å². The molecule has 2 amide bonds. The van der Waals surface area contributed by atoms with Gasteiger partial charge in [0.2, 0.25) is 0 Å². The van der Waals surface area contributed by atoms with Crippen LogP contribution in [0.15, 0.2) is 61.1 Å². The van der Waals surface area contributed by atoms with Gasteiger partial charge in [-0.25, -0.2) is 14.8 Å². The first kappa shape index (κ1) is 28.2. The number of ether oxygens (including phenoxy) is 1. The second-order valence-corrected chi connectivity index (χ2v) is 9.93. The molecular formula is C29H34F2N8O2. The average Bonchev–Trinajstić information content (AvgIpc) is 3.41. The summed E-state index contributed by atoms with van der Waals surface area (Å²) in [6.45, 7) is 5.28. The number of hydrogen-bond donors (Lipinski definition) is 3. The summed E-state index contributed by atoms with van der Waals surface area (Å²) >= 11 is 0. The van der Waals surface area contributed by atoms with Gasteiger partial charge in [0.1, 0.15) is 5.75 Å². The maximum absolute atomic E-state index is 12.5. The molecule has 4 N–H and O–H groups in total. The van der Waals surface area contributed by atoms with E-state index >= 15 is 0 Å². The largest absolute Gasteiger partial charge is 0.435 e. The number of nitrogens with one attached hydrogen (secondary N) is 2. The Bertz CT molecular complexity index is 1490. The molecule has 10 nitrogen and oxygen atoms in total. The van der Waals surface area contributed by atoms with Crippen LogP contribution in [0.5, 0.6) is 5.75 Å². The molecule has 0 aliphatic carbocycles. The molecule has 1 aliphatic rings. The van der Waals surface area contributed by atoms with Gasteiger partial charge in [-0.2, -0.15) is 8.78 Å². The molecule has 2 aromatic heterocycles. The summed E-state index contributed by atoms with van der Waals surface area (Å²) < 4.78 is 31.3. The molecule has 1 aliphatic heterocycles. The molecule has 4 aromatic rings. The summed E-state index contributed by atoms with van der Waals surface area (Å²) in [6.07, 6.45) is 5.22. The summed E-state index contributed by atoms with van der Waals surface area (Å²) in [5.41, 5.74) is 11.0. The molecule has 3 heterocycles. The fraction of sp³-hybridized carbons (Fsp3) is 0.345. The van der Waals surface area contributed by atoms with Gasteiger partial charge in [-0.15, -0.1) is 0 Å². The SMILES string of the molecule is Cc1cc(Nc2nccn3c(-c4ccc(OC(F)F)cc4)cnc23)ccc1C(C)N1CCN(C(=O)NCCN)CC1. The first-order chi connectivity index (χ1) is 19.8. The number of amides is 2. The van der Waals surface area contributed by atoms with Crippen LogP contribution in [0.25, 0.3) is 16.9 Å². The topological polar surface area (TPSA) is 113 Å². The number of fused-ring (bicyclic) bond motifs is 1. The van der Waals surface area contributed by atoms with Gasteiger partial charge in [-0.1, -0.05) is 6.07 Å². The molecule has 1 fully saturated rings. The van der Waals surface area contributed by atoms with Crippen molar-refractivity contribution in [1.82, 2.24) is 29.5 Å². The number of aryl methyl sites for hydroxylation is 1. The van der Waals surface area contributed by atoms with Gasteiger partial charge in [-0.05, 0) is 61.4 Å². The van der Waals surface area contributed by atoms with Crippen molar-refractivity contribution in [3.8, 4) is 17.0 Å². The quantitative estimate of drug-likeness (QED) is 0.276. The van der Waals surface area contributed by atoms with E-state index in [1.807, 2.05) is 21.6 Å². The van der Waals surface area contributed by atoms with Crippen molar-refractivity contribution in [1.29, 1.82) is 0 Å². The number of carbonyl (C=O) groups is 1. The standard InChI is InChI=1S/C29H34F2N8O2/c1-19-17-22(5-8-24(19)20(2)37-13-15-38(16-14-37)29(40)34-10-9-32)36-26-27-35-18-25(39(27)12-11-33-26)21-3-6-23(7-4-21)41-28(30)31/h3-8,11-12,17-18,20,28H,9-10,13-16,32H2,1-2H3,(H,33,36)(H,34,40). The Kier molecular flexibility index (Phi) is 8.60. The van der Waals surface area contributed by atoms with Crippen molar-refractivity contribution in [3.63, 3.8) is 0 Å². The summed E-state index contributed by atoms with van der Waals surface area (Å²) in [6, 6.07) is 12.9. The van der Waals surface area contributed by atoms with Gasteiger partial charge in [0.25, 0.3) is 0 Å². The van der Waals surface area contributed by atoms with Crippen molar-refractivity contribution >= 4 is 23.2 Å². The summed E-state index contributed by atoms with van der Waals surface area (Å²) in [5.74, 6) is 0.698. The van der Waals surface area contributed by atoms with Crippen LogP contribution in [0, 0.1) is 6.92 Å². The van der Waals surface area contributed by atoms with Crippen molar-refractivity contribution < 1.29 is 18.3 Å². The fourth-order valence-electron chi connectivity index (χ4n) is 5.19. The third kappa shape index (κ3) is 6.39. The number of hydrogen-bond acceptors (Lipinski definition) is 7. The number of carbonyl (C=O) groups excluding carboxylic acids is 1. The fourth-order valence-corrected chi connectivity index (χ4v) is 5.19. The summed E-state index contributed by atoms with van der Waals surface area (Å²) in [5, 5.41) is 6.23. The molecule has 41 heavy (non-hydrogen) atoms. The highest BCUT2D eigenvalue weighted by Crippen LogP contribution is 2.30. The Morgan fingerprint density at radius 2 is 1.85 bits per heavy atom. The van der Waals surface area contributed by atoms with Crippen molar-refractivity contribution in [2.24, 2.45) is 5.73 Å². The molecule has 1 atom stereocenters. The van der Waals surface area contributed by atoms with Gasteiger partial charge in [0.15, 0.2) is 11.5 Å². The lowest BCUT2D eigenvalue weighted by Crippen LogP contribution is -2.52. The molecule has 1 unspecified atom stereocenters. The number of alkyl halides is 2. The third-order valence-electron chi connectivity index (χ3n) is 7.36. The van der Waals surface area contributed by atoms with Crippen LogP contribution in [-0.4, -0.2) is 76.1 Å². The van der Waals surface area contributed by atoms with E-state index in [4.69, 9.17) is 5.73 Å². The van der Waals surface area contributed by atoms with Gasteiger partial charge in [0, 0.05) is 69.0 Å². The minimum Gasteiger partial charge on any atom is -0.435 e. The van der Waals surface area contributed by atoms with Crippen LogP contribution in [0.1, 0.15) is 24.1 Å². The van der Waals surface area contributed by atoms with Crippen molar-refractivity contribution in [3.05, 3.63) is 72.2 Å². The number of aromatic nitrogens is 3. The van der Waals surface area contributed by atoms with E-state index in [1.54, 1.807) is 24.5 Å². The molecule has 0 saturated carbocycles. The molecule has 5 rings (SSSR count). The van der Waals surface area contributed by atoms with Crippen LogP contribution in [0.2, 0.25) is 0 Å². The normalized spacial score (nSPS) is 14.8. The highest BCUT2D eigenvalue weighted by Gasteiger charge is 2.25.